The van der Waals surface area contributed by atoms with Crippen molar-refractivity contribution < 1.29 is 9.47 Å². The summed E-state index contributed by atoms with van der Waals surface area (Å²) in [5.74, 6) is 2.69. The van der Waals surface area contributed by atoms with Crippen molar-refractivity contribution in [3.63, 3.8) is 0 Å². The second-order valence-electron chi connectivity index (χ2n) is 5.29. The van der Waals surface area contributed by atoms with Gasteiger partial charge >= 0.3 is 0 Å². The number of anilines is 1. The third-order valence-electron chi connectivity index (χ3n) is 3.62. The Hall–Kier alpha value is -1.69. The number of nitrogens with zero attached hydrogens (tertiary/aromatic N) is 2. The molecular weight excluding hydrogens is 334 g/mol. The van der Waals surface area contributed by atoms with E-state index in [9.17, 15) is 0 Å². The maximum absolute atomic E-state index is 6.02. The monoisotopic (exact) mass is 351 g/mol. The largest absolute Gasteiger partial charge is 0.493 e. The van der Waals surface area contributed by atoms with E-state index in [-0.39, 0.29) is 0 Å². The van der Waals surface area contributed by atoms with Crippen molar-refractivity contribution in [3.8, 4) is 22.8 Å². The van der Waals surface area contributed by atoms with E-state index in [4.69, 9.17) is 15.2 Å². The van der Waals surface area contributed by atoms with E-state index >= 15 is 0 Å². The van der Waals surface area contributed by atoms with E-state index in [2.05, 4.69) is 21.0 Å². The zero-order valence-corrected chi connectivity index (χ0v) is 13.7. The Labute approximate surface area is 132 Å². The SMILES string of the molecule is COc1ccc(Br)c(-c2cc(N)n(C)n2)c1OCC1CC1. The fraction of sp³-hybridized carbons (Fsp3) is 0.400. The number of rotatable bonds is 5. The first-order valence-corrected chi connectivity index (χ1v) is 7.68. The van der Waals surface area contributed by atoms with Gasteiger partial charge in [-0.2, -0.15) is 5.10 Å². The third-order valence-corrected chi connectivity index (χ3v) is 4.28. The number of benzene rings is 1. The number of aryl methyl sites for hydroxylation is 1. The van der Waals surface area contributed by atoms with E-state index in [0.29, 0.717) is 24.1 Å². The number of aromatic nitrogens is 2. The number of ether oxygens (including phenoxy) is 2. The molecule has 1 saturated carbocycles. The van der Waals surface area contributed by atoms with Crippen molar-refractivity contribution in [2.24, 2.45) is 13.0 Å². The number of methoxy groups -OCH3 is 1. The molecule has 0 aliphatic heterocycles. The number of nitrogen functional groups attached to an aromatic ring is 1. The molecule has 0 saturated heterocycles. The lowest BCUT2D eigenvalue weighted by Gasteiger charge is -2.15. The second-order valence-corrected chi connectivity index (χ2v) is 6.14. The molecular formula is C15H18BrN3O2. The van der Waals surface area contributed by atoms with Crippen LogP contribution in [0.15, 0.2) is 22.7 Å². The average molecular weight is 352 g/mol. The van der Waals surface area contributed by atoms with Gasteiger partial charge in [-0.15, -0.1) is 0 Å². The van der Waals surface area contributed by atoms with E-state index in [0.717, 1.165) is 21.5 Å². The molecule has 3 rings (SSSR count). The van der Waals surface area contributed by atoms with Gasteiger partial charge < -0.3 is 15.2 Å². The summed E-state index contributed by atoms with van der Waals surface area (Å²) >= 11 is 3.58. The summed E-state index contributed by atoms with van der Waals surface area (Å²) in [6, 6.07) is 5.66. The first-order chi connectivity index (χ1) is 10.1. The Morgan fingerprint density at radius 2 is 2.19 bits per heavy atom. The van der Waals surface area contributed by atoms with Crippen LogP contribution in [0, 0.1) is 5.92 Å². The topological polar surface area (TPSA) is 62.3 Å². The molecule has 6 heteroatoms. The highest BCUT2D eigenvalue weighted by molar-refractivity contribution is 9.10. The number of nitrogens with two attached hydrogens (primary N) is 1. The fourth-order valence-corrected chi connectivity index (χ4v) is 2.69. The highest BCUT2D eigenvalue weighted by Gasteiger charge is 2.25. The van der Waals surface area contributed by atoms with Gasteiger partial charge in [0.2, 0.25) is 0 Å². The van der Waals surface area contributed by atoms with Crippen molar-refractivity contribution in [3.05, 3.63) is 22.7 Å². The smallest absolute Gasteiger partial charge is 0.171 e. The number of halogens is 1. The highest BCUT2D eigenvalue weighted by Crippen LogP contribution is 2.44. The summed E-state index contributed by atoms with van der Waals surface area (Å²) in [4.78, 5) is 0. The van der Waals surface area contributed by atoms with Crippen molar-refractivity contribution in [1.82, 2.24) is 9.78 Å². The molecule has 21 heavy (non-hydrogen) atoms. The van der Waals surface area contributed by atoms with Crippen LogP contribution in [0.3, 0.4) is 0 Å². The van der Waals surface area contributed by atoms with Crippen molar-refractivity contribution >= 4 is 21.7 Å². The zero-order chi connectivity index (χ0) is 15.0. The van der Waals surface area contributed by atoms with Gasteiger partial charge in [0, 0.05) is 17.6 Å². The van der Waals surface area contributed by atoms with Gasteiger partial charge in [0.25, 0.3) is 0 Å². The maximum Gasteiger partial charge on any atom is 0.171 e. The molecule has 1 aromatic heterocycles. The first kappa shape index (κ1) is 14.3. The minimum Gasteiger partial charge on any atom is -0.493 e. The van der Waals surface area contributed by atoms with Crippen molar-refractivity contribution in [1.29, 1.82) is 0 Å². The molecule has 0 unspecified atom stereocenters. The molecule has 1 heterocycles. The Balaban J connectivity index is 2.06. The van der Waals surface area contributed by atoms with Crippen LogP contribution in [0.2, 0.25) is 0 Å². The zero-order valence-electron chi connectivity index (χ0n) is 12.1. The minimum absolute atomic E-state index is 0.605. The summed E-state index contributed by atoms with van der Waals surface area (Å²) < 4.78 is 14.0. The molecule has 0 atom stereocenters. The molecule has 0 spiro atoms. The van der Waals surface area contributed by atoms with Crippen LogP contribution >= 0.6 is 15.9 Å². The second kappa shape index (κ2) is 5.60. The summed E-state index contributed by atoms with van der Waals surface area (Å²) in [5, 5.41) is 4.45. The molecule has 2 aromatic rings. The Kier molecular flexibility index (Phi) is 3.80. The molecule has 1 aromatic carbocycles. The van der Waals surface area contributed by atoms with Crippen LogP contribution < -0.4 is 15.2 Å². The van der Waals surface area contributed by atoms with Gasteiger partial charge in [-0.1, -0.05) is 0 Å². The molecule has 1 aliphatic rings. The lowest BCUT2D eigenvalue weighted by atomic mass is 10.1. The molecule has 0 radical (unpaired) electrons. The quantitative estimate of drug-likeness (QED) is 0.898. The van der Waals surface area contributed by atoms with E-state index in [1.54, 1.807) is 11.8 Å². The Morgan fingerprint density at radius 3 is 2.76 bits per heavy atom. The normalized spacial score (nSPS) is 14.2. The van der Waals surface area contributed by atoms with Gasteiger partial charge in [0.15, 0.2) is 11.5 Å². The van der Waals surface area contributed by atoms with Crippen LogP contribution in [-0.4, -0.2) is 23.5 Å². The Bertz CT molecular complexity index is 646. The molecule has 2 N–H and O–H groups in total. The van der Waals surface area contributed by atoms with Gasteiger partial charge in [-0.3, -0.25) is 4.68 Å². The Morgan fingerprint density at radius 1 is 1.43 bits per heavy atom. The predicted octanol–water partition coefficient (Wildman–Crippen LogP) is 3.23. The van der Waals surface area contributed by atoms with Crippen LogP contribution in [-0.2, 0) is 7.05 Å². The highest BCUT2D eigenvalue weighted by atomic mass is 79.9. The van der Waals surface area contributed by atoms with E-state index in [1.807, 2.05) is 25.2 Å². The lowest BCUT2D eigenvalue weighted by molar-refractivity contribution is 0.281. The van der Waals surface area contributed by atoms with Gasteiger partial charge in [0.1, 0.15) is 5.82 Å². The number of hydrogen-bond donors (Lipinski definition) is 1. The van der Waals surface area contributed by atoms with E-state index < -0.39 is 0 Å². The van der Waals surface area contributed by atoms with Crippen molar-refractivity contribution in [2.75, 3.05) is 19.5 Å². The molecule has 112 valence electrons. The van der Waals surface area contributed by atoms with Crippen LogP contribution in [0.5, 0.6) is 11.5 Å². The van der Waals surface area contributed by atoms with Crippen LogP contribution in [0.4, 0.5) is 5.82 Å². The third kappa shape index (κ3) is 2.85. The fourth-order valence-electron chi connectivity index (χ4n) is 2.17. The summed E-state index contributed by atoms with van der Waals surface area (Å²) in [7, 11) is 3.46. The summed E-state index contributed by atoms with van der Waals surface area (Å²) in [5.41, 5.74) is 7.54. The van der Waals surface area contributed by atoms with Gasteiger partial charge in [-0.25, -0.2) is 0 Å². The minimum atomic E-state index is 0.605. The number of hydrogen-bond acceptors (Lipinski definition) is 4. The predicted molar refractivity (Wildman–Crippen MR) is 85.5 cm³/mol. The molecule has 1 fully saturated rings. The lowest BCUT2D eigenvalue weighted by Crippen LogP contribution is -2.03. The van der Waals surface area contributed by atoms with Crippen LogP contribution in [0.1, 0.15) is 12.8 Å². The van der Waals surface area contributed by atoms with Crippen LogP contribution in [0.25, 0.3) is 11.3 Å². The van der Waals surface area contributed by atoms with Crippen molar-refractivity contribution in [2.45, 2.75) is 12.8 Å². The van der Waals surface area contributed by atoms with Gasteiger partial charge in [0.05, 0.1) is 25.0 Å². The first-order valence-electron chi connectivity index (χ1n) is 6.89. The molecule has 0 bridgehead atoms. The van der Waals surface area contributed by atoms with E-state index in [1.165, 1.54) is 12.8 Å². The summed E-state index contributed by atoms with van der Waals surface area (Å²) in [6.07, 6.45) is 2.48. The molecule has 5 nitrogen and oxygen atoms in total. The standard InChI is InChI=1S/C15H18BrN3O2/c1-19-13(17)7-11(18-19)14-10(16)5-6-12(20-2)15(14)21-8-9-3-4-9/h5-7,9H,3-4,8,17H2,1-2H3. The maximum atomic E-state index is 6.02. The average Bonchev–Trinajstić information content (AvgIpc) is 3.23. The molecule has 1 aliphatic carbocycles. The van der Waals surface area contributed by atoms with Gasteiger partial charge in [-0.05, 0) is 46.8 Å². The summed E-state index contributed by atoms with van der Waals surface area (Å²) in [6.45, 7) is 0.710. The molecule has 0 amide bonds.